The van der Waals surface area contributed by atoms with Crippen molar-refractivity contribution in [2.75, 3.05) is 13.7 Å². The molecule has 2 bridgehead atoms. The second-order valence-corrected chi connectivity index (χ2v) is 6.87. The lowest BCUT2D eigenvalue weighted by Crippen LogP contribution is -2.47. The van der Waals surface area contributed by atoms with Crippen LogP contribution in [0.4, 0.5) is 0 Å². The molecule has 5 nitrogen and oxygen atoms in total. The zero-order chi connectivity index (χ0) is 16.2. The minimum atomic E-state index is 0. The van der Waals surface area contributed by atoms with Crippen LogP contribution in [0.5, 0.6) is 5.75 Å². The number of methoxy groups -OCH3 is 1. The maximum atomic E-state index is 5.91. The molecular formula is C17H25BrIN3O2. The summed E-state index contributed by atoms with van der Waals surface area (Å²) < 4.78 is 12.2. The van der Waals surface area contributed by atoms with Crippen LogP contribution in [0.3, 0.4) is 0 Å². The molecule has 2 aliphatic rings. The van der Waals surface area contributed by atoms with Crippen LogP contribution in [-0.2, 0) is 11.3 Å². The minimum absolute atomic E-state index is 0. The van der Waals surface area contributed by atoms with E-state index >= 15 is 0 Å². The second-order valence-electron chi connectivity index (χ2n) is 6.01. The monoisotopic (exact) mass is 509 g/mol. The smallest absolute Gasteiger partial charge is 0.191 e. The van der Waals surface area contributed by atoms with E-state index < -0.39 is 0 Å². The molecule has 2 aliphatic heterocycles. The van der Waals surface area contributed by atoms with Gasteiger partial charge in [0.15, 0.2) is 5.96 Å². The fourth-order valence-corrected chi connectivity index (χ4v) is 3.62. The van der Waals surface area contributed by atoms with Gasteiger partial charge in [-0.3, -0.25) is 0 Å². The van der Waals surface area contributed by atoms with E-state index in [1.807, 2.05) is 18.2 Å². The lowest BCUT2D eigenvalue weighted by molar-refractivity contribution is 0.0992. The molecule has 2 saturated heterocycles. The molecule has 3 atom stereocenters. The van der Waals surface area contributed by atoms with Gasteiger partial charge in [0, 0.05) is 11.0 Å². The van der Waals surface area contributed by atoms with Crippen LogP contribution in [0.25, 0.3) is 0 Å². The van der Waals surface area contributed by atoms with Crippen LogP contribution in [0.2, 0.25) is 0 Å². The third-order valence-electron chi connectivity index (χ3n) is 4.43. The normalized spacial score (nSPS) is 25.3. The molecule has 2 heterocycles. The third kappa shape index (κ3) is 4.76. The quantitative estimate of drug-likeness (QED) is 0.362. The molecule has 0 spiro atoms. The SMILES string of the molecule is CCNC(=NCc1cc(OC)ccc1Br)NC1CC2CCC1O2.I. The Kier molecular flexibility index (Phi) is 7.61. The zero-order valence-corrected chi connectivity index (χ0v) is 18.0. The molecule has 24 heavy (non-hydrogen) atoms. The molecule has 7 heteroatoms. The van der Waals surface area contributed by atoms with Crippen LogP contribution in [0.15, 0.2) is 27.7 Å². The summed E-state index contributed by atoms with van der Waals surface area (Å²) in [5.74, 6) is 1.70. The van der Waals surface area contributed by atoms with Crippen molar-refractivity contribution in [1.29, 1.82) is 0 Å². The van der Waals surface area contributed by atoms with Crippen LogP contribution in [0, 0.1) is 0 Å². The number of rotatable bonds is 5. The van der Waals surface area contributed by atoms with Crippen molar-refractivity contribution in [3.63, 3.8) is 0 Å². The summed E-state index contributed by atoms with van der Waals surface area (Å²) in [5.41, 5.74) is 1.10. The van der Waals surface area contributed by atoms with E-state index in [0.717, 1.165) is 41.1 Å². The average molecular weight is 510 g/mol. The number of benzene rings is 1. The van der Waals surface area contributed by atoms with Gasteiger partial charge in [-0.25, -0.2) is 4.99 Å². The number of ether oxygens (including phenoxy) is 2. The van der Waals surface area contributed by atoms with E-state index in [4.69, 9.17) is 14.5 Å². The predicted octanol–water partition coefficient (Wildman–Crippen LogP) is 3.45. The highest BCUT2D eigenvalue weighted by molar-refractivity contribution is 14.0. The maximum Gasteiger partial charge on any atom is 0.191 e. The molecule has 3 unspecified atom stereocenters. The van der Waals surface area contributed by atoms with Gasteiger partial charge in [0.05, 0.1) is 31.9 Å². The first kappa shape index (κ1) is 19.8. The van der Waals surface area contributed by atoms with E-state index in [1.165, 1.54) is 6.42 Å². The van der Waals surface area contributed by atoms with Crippen molar-refractivity contribution in [2.24, 2.45) is 4.99 Å². The van der Waals surface area contributed by atoms with Crippen LogP contribution >= 0.6 is 39.9 Å². The van der Waals surface area contributed by atoms with Crippen LogP contribution < -0.4 is 15.4 Å². The van der Waals surface area contributed by atoms with Gasteiger partial charge >= 0.3 is 0 Å². The summed E-state index contributed by atoms with van der Waals surface area (Å²) in [7, 11) is 1.68. The fourth-order valence-electron chi connectivity index (χ4n) is 3.25. The number of nitrogens with zero attached hydrogens (tertiary/aromatic N) is 1. The van der Waals surface area contributed by atoms with Crippen molar-refractivity contribution >= 4 is 45.9 Å². The zero-order valence-electron chi connectivity index (χ0n) is 14.0. The number of fused-ring (bicyclic) bond motifs is 2. The Bertz CT molecular complexity index is 585. The van der Waals surface area contributed by atoms with Gasteiger partial charge in [0.25, 0.3) is 0 Å². The molecule has 0 radical (unpaired) electrons. The molecule has 0 amide bonds. The molecule has 134 valence electrons. The first-order chi connectivity index (χ1) is 11.2. The standard InChI is InChI=1S/C17H24BrN3O2.HI/c1-3-19-17(21-15-9-13-5-7-16(15)23-13)20-10-11-8-12(22-2)4-6-14(11)18;/h4,6,8,13,15-16H,3,5,7,9-10H2,1-2H3,(H2,19,20,21);1H. The van der Waals surface area contributed by atoms with Gasteiger partial charge in [-0.15, -0.1) is 24.0 Å². The van der Waals surface area contributed by atoms with Gasteiger partial charge in [-0.1, -0.05) is 15.9 Å². The molecule has 2 fully saturated rings. The van der Waals surface area contributed by atoms with E-state index in [2.05, 4.69) is 33.5 Å². The van der Waals surface area contributed by atoms with Gasteiger partial charge in [0.2, 0.25) is 0 Å². The van der Waals surface area contributed by atoms with Crippen molar-refractivity contribution in [3.05, 3.63) is 28.2 Å². The number of halogens is 2. The predicted molar refractivity (Wildman–Crippen MR) is 110 cm³/mol. The Morgan fingerprint density at radius 2 is 2.25 bits per heavy atom. The average Bonchev–Trinajstić information content (AvgIpc) is 3.17. The fraction of sp³-hybridized carbons (Fsp3) is 0.588. The maximum absolute atomic E-state index is 5.91. The van der Waals surface area contributed by atoms with E-state index in [1.54, 1.807) is 7.11 Å². The molecule has 0 aromatic heterocycles. The molecular weight excluding hydrogens is 485 g/mol. The summed E-state index contributed by atoms with van der Waals surface area (Å²) in [6, 6.07) is 6.32. The van der Waals surface area contributed by atoms with E-state index in [9.17, 15) is 0 Å². The number of aliphatic imine (C=N–C) groups is 1. The Labute approximate surface area is 169 Å². The summed E-state index contributed by atoms with van der Waals surface area (Å²) in [5, 5.41) is 6.86. The van der Waals surface area contributed by atoms with Crippen LogP contribution in [0.1, 0.15) is 31.7 Å². The summed E-state index contributed by atoms with van der Waals surface area (Å²) in [6.07, 6.45) is 4.22. The van der Waals surface area contributed by atoms with Gasteiger partial charge in [0.1, 0.15) is 5.75 Å². The molecule has 3 rings (SSSR count). The lowest BCUT2D eigenvalue weighted by atomic mass is 9.96. The highest BCUT2D eigenvalue weighted by atomic mass is 127. The Hall–Kier alpha value is -0.540. The van der Waals surface area contributed by atoms with Gasteiger partial charge in [-0.05, 0) is 49.9 Å². The number of hydrogen-bond donors (Lipinski definition) is 2. The molecule has 2 N–H and O–H groups in total. The minimum Gasteiger partial charge on any atom is -0.497 e. The Morgan fingerprint density at radius 3 is 2.88 bits per heavy atom. The second kappa shape index (κ2) is 9.24. The largest absolute Gasteiger partial charge is 0.497 e. The molecule has 0 saturated carbocycles. The first-order valence-electron chi connectivity index (χ1n) is 8.22. The highest BCUT2D eigenvalue weighted by Gasteiger charge is 2.41. The Balaban J connectivity index is 0.00000208. The molecule has 1 aromatic rings. The summed E-state index contributed by atoms with van der Waals surface area (Å²) in [4.78, 5) is 4.72. The molecule has 1 aromatic carbocycles. The first-order valence-corrected chi connectivity index (χ1v) is 9.01. The number of hydrogen-bond acceptors (Lipinski definition) is 3. The van der Waals surface area contributed by atoms with Crippen molar-refractivity contribution in [2.45, 2.75) is 51.0 Å². The van der Waals surface area contributed by atoms with Crippen molar-refractivity contribution in [1.82, 2.24) is 10.6 Å². The Morgan fingerprint density at radius 1 is 1.42 bits per heavy atom. The molecule has 0 aliphatic carbocycles. The van der Waals surface area contributed by atoms with Crippen LogP contribution in [-0.4, -0.2) is 37.9 Å². The third-order valence-corrected chi connectivity index (χ3v) is 5.21. The number of guanidine groups is 1. The number of nitrogens with one attached hydrogen (secondary N) is 2. The van der Waals surface area contributed by atoms with E-state index in [0.29, 0.717) is 24.8 Å². The van der Waals surface area contributed by atoms with Gasteiger partial charge in [-0.2, -0.15) is 0 Å². The van der Waals surface area contributed by atoms with Crippen molar-refractivity contribution < 1.29 is 9.47 Å². The summed E-state index contributed by atoms with van der Waals surface area (Å²) >= 11 is 3.58. The topological polar surface area (TPSA) is 54.9 Å². The highest BCUT2D eigenvalue weighted by Crippen LogP contribution is 2.34. The van der Waals surface area contributed by atoms with E-state index in [-0.39, 0.29) is 24.0 Å². The van der Waals surface area contributed by atoms with Gasteiger partial charge < -0.3 is 20.1 Å². The summed E-state index contributed by atoms with van der Waals surface area (Å²) in [6.45, 7) is 3.51. The lowest BCUT2D eigenvalue weighted by Gasteiger charge is -2.22. The van der Waals surface area contributed by atoms with Crippen molar-refractivity contribution in [3.8, 4) is 5.75 Å².